The third-order valence-corrected chi connectivity index (χ3v) is 4.08. The van der Waals surface area contributed by atoms with Gasteiger partial charge in [-0.05, 0) is 42.7 Å². The molecular formula is C20H22N2O4. The summed E-state index contributed by atoms with van der Waals surface area (Å²) in [6.45, 7) is 3.74. The Morgan fingerprint density at radius 1 is 1.04 bits per heavy atom. The van der Waals surface area contributed by atoms with Crippen molar-refractivity contribution < 1.29 is 19.5 Å². The third kappa shape index (κ3) is 4.92. The van der Waals surface area contributed by atoms with Crippen LogP contribution in [0.25, 0.3) is 0 Å². The minimum Gasteiger partial charge on any atom is -0.478 e. The van der Waals surface area contributed by atoms with Crippen LogP contribution in [-0.2, 0) is 16.0 Å². The number of aromatic carboxylic acids is 1. The van der Waals surface area contributed by atoms with Crippen molar-refractivity contribution in [2.24, 2.45) is 0 Å². The second kappa shape index (κ2) is 8.29. The molecule has 0 saturated carbocycles. The molecule has 0 aliphatic rings. The topological polar surface area (TPSA) is 86.7 Å². The number of carbonyl (C=O) groups is 3. The molecule has 2 amide bonds. The van der Waals surface area contributed by atoms with E-state index in [1.807, 2.05) is 32.0 Å². The van der Waals surface area contributed by atoms with Crippen molar-refractivity contribution in [2.75, 3.05) is 18.9 Å². The van der Waals surface area contributed by atoms with Crippen molar-refractivity contribution >= 4 is 23.5 Å². The number of nitrogens with one attached hydrogen (secondary N) is 1. The lowest BCUT2D eigenvalue weighted by Crippen LogP contribution is -2.36. The van der Waals surface area contributed by atoms with E-state index in [4.69, 9.17) is 5.11 Å². The maximum Gasteiger partial charge on any atom is 0.335 e. The molecule has 0 aromatic heterocycles. The number of carboxylic acids is 1. The Hall–Kier alpha value is -3.15. The molecule has 2 N–H and O–H groups in total. The summed E-state index contributed by atoms with van der Waals surface area (Å²) in [5.74, 6) is -1.58. The Kier molecular flexibility index (Phi) is 6.11. The molecule has 0 aliphatic heterocycles. The third-order valence-electron chi connectivity index (χ3n) is 4.08. The molecule has 136 valence electrons. The van der Waals surface area contributed by atoms with Crippen molar-refractivity contribution in [3.05, 3.63) is 64.7 Å². The normalized spacial score (nSPS) is 10.3. The molecule has 2 aromatic rings. The highest BCUT2D eigenvalue weighted by Crippen LogP contribution is 2.19. The molecule has 0 saturated heterocycles. The van der Waals surface area contributed by atoms with E-state index in [0.29, 0.717) is 5.56 Å². The van der Waals surface area contributed by atoms with E-state index in [1.165, 1.54) is 17.0 Å². The number of carbonyl (C=O) groups excluding carboxylic acids is 2. The van der Waals surface area contributed by atoms with E-state index in [2.05, 4.69) is 5.32 Å². The van der Waals surface area contributed by atoms with E-state index in [0.717, 1.165) is 16.8 Å². The highest BCUT2D eigenvalue weighted by atomic mass is 16.4. The molecule has 0 heterocycles. The number of anilines is 1. The van der Waals surface area contributed by atoms with Gasteiger partial charge in [-0.2, -0.15) is 0 Å². The van der Waals surface area contributed by atoms with E-state index >= 15 is 0 Å². The van der Waals surface area contributed by atoms with Crippen LogP contribution in [0.15, 0.2) is 42.5 Å². The van der Waals surface area contributed by atoms with E-state index in [1.54, 1.807) is 19.2 Å². The van der Waals surface area contributed by atoms with Crippen LogP contribution in [0.2, 0.25) is 0 Å². The average molecular weight is 354 g/mol. The Balaban J connectivity index is 1.97. The summed E-state index contributed by atoms with van der Waals surface area (Å²) in [5.41, 5.74) is 3.39. The fourth-order valence-electron chi connectivity index (χ4n) is 2.62. The summed E-state index contributed by atoms with van der Waals surface area (Å²) in [7, 11) is 1.55. The smallest absolute Gasteiger partial charge is 0.335 e. The molecule has 0 spiro atoms. The Labute approximate surface area is 152 Å². The van der Waals surface area contributed by atoms with Gasteiger partial charge in [0.2, 0.25) is 11.8 Å². The van der Waals surface area contributed by atoms with Gasteiger partial charge in [0, 0.05) is 12.7 Å². The highest BCUT2D eigenvalue weighted by molar-refractivity contribution is 5.96. The lowest BCUT2D eigenvalue weighted by atomic mass is 10.1. The van der Waals surface area contributed by atoms with E-state index < -0.39 is 5.97 Å². The van der Waals surface area contributed by atoms with Crippen LogP contribution >= 0.6 is 0 Å². The molecule has 0 radical (unpaired) electrons. The largest absolute Gasteiger partial charge is 0.478 e. The first-order chi connectivity index (χ1) is 12.3. The number of amides is 2. The van der Waals surface area contributed by atoms with Crippen molar-refractivity contribution in [3.8, 4) is 0 Å². The minimum atomic E-state index is -1.04. The van der Waals surface area contributed by atoms with E-state index in [9.17, 15) is 14.4 Å². The highest BCUT2D eigenvalue weighted by Gasteiger charge is 2.15. The van der Waals surface area contributed by atoms with Crippen molar-refractivity contribution in [3.63, 3.8) is 0 Å². The van der Waals surface area contributed by atoms with Crippen LogP contribution < -0.4 is 5.32 Å². The van der Waals surface area contributed by atoms with Crippen LogP contribution in [-0.4, -0.2) is 41.4 Å². The fourth-order valence-corrected chi connectivity index (χ4v) is 2.62. The molecule has 2 aromatic carbocycles. The number of carboxylic acid groups (broad SMARTS) is 1. The van der Waals surface area contributed by atoms with Gasteiger partial charge in [-0.1, -0.05) is 30.3 Å². The lowest BCUT2D eigenvalue weighted by Gasteiger charge is -2.18. The summed E-state index contributed by atoms with van der Waals surface area (Å²) in [5, 5.41) is 11.8. The number of hydrogen-bond donors (Lipinski definition) is 2. The summed E-state index contributed by atoms with van der Waals surface area (Å²) in [6.07, 6.45) is 0.0360. The number of nitrogens with zero attached hydrogens (tertiary/aromatic N) is 1. The summed E-state index contributed by atoms with van der Waals surface area (Å²) >= 11 is 0. The molecule has 0 fully saturated rings. The van der Waals surface area contributed by atoms with Gasteiger partial charge in [0.25, 0.3) is 0 Å². The molecule has 26 heavy (non-hydrogen) atoms. The van der Waals surface area contributed by atoms with Crippen LogP contribution in [0.3, 0.4) is 0 Å². The van der Waals surface area contributed by atoms with Gasteiger partial charge in [0.1, 0.15) is 0 Å². The number of benzene rings is 2. The molecule has 2 rings (SSSR count). The molecule has 6 heteroatoms. The maximum absolute atomic E-state index is 12.3. The van der Waals surface area contributed by atoms with Gasteiger partial charge in [0.05, 0.1) is 18.5 Å². The zero-order chi connectivity index (χ0) is 19.3. The Bertz CT molecular complexity index is 825. The first-order valence-electron chi connectivity index (χ1n) is 8.20. The number of para-hydroxylation sites is 1. The Morgan fingerprint density at radius 2 is 1.65 bits per heavy atom. The molecule has 0 unspecified atom stereocenters. The van der Waals surface area contributed by atoms with Crippen molar-refractivity contribution in [1.82, 2.24) is 4.90 Å². The second-order valence-corrected chi connectivity index (χ2v) is 6.25. The van der Waals surface area contributed by atoms with Gasteiger partial charge in [-0.3, -0.25) is 9.59 Å². The van der Waals surface area contributed by atoms with Crippen LogP contribution in [0.5, 0.6) is 0 Å². The second-order valence-electron chi connectivity index (χ2n) is 6.25. The monoisotopic (exact) mass is 354 g/mol. The molecule has 6 nitrogen and oxygen atoms in total. The first-order valence-corrected chi connectivity index (χ1v) is 8.20. The van der Waals surface area contributed by atoms with Gasteiger partial charge in [0.15, 0.2) is 0 Å². The first kappa shape index (κ1) is 19.2. The zero-order valence-electron chi connectivity index (χ0n) is 15.1. The summed E-state index contributed by atoms with van der Waals surface area (Å²) in [4.78, 5) is 36.9. The quantitative estimate of drug-likeness (QED) is 0.835. The molecule has 0 bridgehead atoms. The predicted molar refractivity (Wildman–Crippen MR) is 99.3 cm³/mol. The molecular weight excluding hydrogens is 332 g/mol. The van der Waals surface area contributed by atoms with Crippen LogP contribution in [0.4, 0.5) is 5.69 Å². The van der Waals surface area contributed by atoms with Crippen LogP contribution in [0.1, 0.15) is 27.0 Å². The van der Waals surface area contributed by atoms with Gasteiger partial charge < -0.3 is 15.3 Å². The standard InChI is InChI=1S/C20H22N2O4/c1-13-6-4-7-14(2)19(13)21-17(23)12-22(3)18(24)11-15-8-5-9-16(10-15)20(25)26/h4-10H,11-12H2,1-3H3,(H,21,23)(H,25,26). The lowest BCUT2D eigenvalue weighted by molar-refractivity contribution is -0.132. The van der Waals surface area contributed by atoms with Crippen LogP contribution in [0, 0.1) is 13.8 Å². The van der Waals surface area contributed by atoms with Gasteiger partial charge >= 0.3 is 5.97 Å². The summed E-state index contributed by atoms with van der Waals surface area (Å²) < 4.78 is 0. The molecule has 0 aliphatic carbocycles. The maximum atomic E-state index is 12.3. The number of rotatable bonds is 6. The molecule has 0 atom stereocenters. The average Bonchev–Trinajstić information content (AvgIpc) is 2.58. The van der Waals surface area contributed by atoms with Gasteiger partial charge in [-0.25, -0.2) is 4.79 Å². The predicted octanol–water partition coefficient (Wildman–Crippen LogP) is 2.64. The summed E-state index contributed by atoms with van der Waals surface area (Å²) in [6, 6.07) is 12.0. The minimum absolute atomic E-state index is 0.0360. The van der Waals surface area contributed by atoms with Crippen molar-refractivity contribution in [1.29, 1.82) is 0 Å². The zero-order valence-corrected chi connectivity index (χ0v) is 15.1. The van der Waals surface area contributed by atoms with E-state index in [-0.39, 0.29) is 30.3 Å². The fraction of sp³-hybridized carbons (Fsp3) is 0.250. The van der Waals surface area contributed by atoms with Crippen molar-refractivity contribution in [2.45, 2.75) is 20.3 Å². The Morgan fingerprint density at radius 3 is 2.27 bits per heavy atom. The number of likely N-dealkylation sites (N-methyl/N-ethyl adjacent to an activating group) is 1. The van der Waals surface area contributed by atoms with Gasteiger partial charge in [-0.15, -0.1) is 0 Å². The number of hydrogen-bond acceptors (Lipinski definition) is 3. The number of aryl methyl sites for hydroxylation is 2. The SMILES string of the molecule is Cc1cccc(C)c1NC(=O)CN(C)C(=O)Cc1cccc(C(=O)O)c1.